The average Bonchev–Trinajstić information content (AvgIpc) is 3.08. The van der Waals surface area contributed by atoms with Crippen LogP contribution < -0.4 is 15.8 Å². The van der Waals surface area contributed by atoms with Gasteiger partial charge < -0.3 is 26.0 Å². The number of carboxylic acid groups (broad SMARTS) is 2. The quantitative estimate of drug-likeness (QED) is 0.273. The van der Waals surface area contributed by atoms with E-state index in [9.17, 15) is 14.4 Å². The first-order valence-electron chi connectivity index (χ1n) is 12.1. The lowest BCUT2D eigenvalue weighted by atomic mass is 9.96. The largest absolute Gasteiger partial charge is 0.493 e. The summed E-state index contributed by atoms with van der Waals surface area (Å²) >= 11 is 3.43. The lowest BCUT2D eigenvalue weighted by molar-refractivity contribution is -0.134. The van der Waals surface area contributed by atoms with Gasteiger partial charge in [0.1, 0.15) is 5.75 Å². The number of ether oxygens (including phenoxy) is 1. The Morgan fingerprint density at radius 2 is 1.68 bits per heavy atom. The third-order valence-corrected chi connectivity index (χ3v) is 7.13. The summed E-state index contributed by atoms with van der Waals surface area (Å²) in [5, 5.41) is 18.9. The molecule has 0 aromatic heterocycles. The first kappa shape index (κ1) is 28.2. The number of nitrogens with zero attached hydrogens (tertiary/aromatic N) is 1. The summed E-state index contributed by atoms with van der Waals surface area (Å²) in [6, 6.07) is 15.4. The zero-order valence-corrected chi connectivity index (χ0v) is 22.2. The van der Waals surface area contributed by atoms with Crippen LogP contribution in [0.1, 0.15) is 48.5 Å². The summed E-state index contributed by atoms with van der Waals surface area (Å²) in [4.78, 5) is 34.7. The van der Waals surface area contributed by atoms with E-state index < -0.39 is 11.9 Å². The van der Waals surface area contributed by atoms with Crippen molar-refractivity contribution in [3.05, 3.63) is 70.2 Å². The first-order valence-corrected chi connectivity index (χ1v) is 12.9. The Morgan fingerprint density at radius 1 is 1.08 bits per heavy atom. The summed E-state index contributed by atoms with van der Waals surface area (Å²) < 4.78 is 6.36. The molecule has 0 spiro atoms. The summed E-state index contributed by atoms with van der Waals surface area (Å²) in [6.45, 7) is 3.39. The number of piperidine rings is 1. The number of benzene rings is 2. The molecule has 4 rings (SSSR count). The Labute approximate surface area is 224 Å². The molecule has 9 nitrogen and oxygen atoms in total. The molecule has 5 N–H and O–H groups in total. The monoisotopic (exact) mass is 573 g/mol. The number of carboxylic acids is 2. The maximum absolute atomic E-state index is 13.0. The van der Waals surface area contributed by atoms with E-state index in [1.165, 1.54) is 18.4 Å². The van der Waals surface area contributed by atoms with Crippen LogP contribution in [-0.4, -0.2) is 57.7 Å². The van der Waals surface area contributed by atoms with Gasteiger partial charge in [-0.3, -0.25) is 9.69 Å². The molecule has 1 amide bonds. The smallest absolute Gasteiger partial charge is 0.328 e. The van der Waals surface area contributed by atoms with Gasteiger partial charge in [0.15, 0.2) is 0 Å². The van der Waals surface area contributed by atoms with Crippen LogP contribution in [0.4, 0.5) is 5.69 Å². The van der Waals surface area contributed by atoms with E-state index in [2.05, 4.69) is 56.5 Å². The Balaban J connectivity index is 0.000000414. The van der Waals surface area contributed by atoms with Crippen LogP contribution in [0, 0.1) is 0 Å². The van der Waals surface area contributed by atoms with Gasteiger partial charge in [-0.25, -0.2) is 9.59 Å². The number of hydrogen-bond acceptors (Lipinski definition) is 6. The van der Waals surface area contributed by atoms with Gasteiger partial charge in [0, 0.05) is 53.0 Å². The third kappa shape index (κ3) is 8.06. The standard InChI is InChI=1S/C23H28BrN3O2.C4H4O4/c1-2-29-22-13-21(25)20(24)12-19(22)23(28)26-16-10-17-8-9-18(11-16)27(17)14-15-6-4-3-5-7-15;5-3(6)1-2-4(7)8/h3-7,12-13,16-18H,2,8-11,14,25H2,1H3,(H,26,28);1-2H,(H,5,6)(H,7,8)/b;2-1+. The molecule has 2 bridgehead atoms. The summed E-state index contributed by atoms with van der Waals surface area (Å²) in [7, 11) is 0. The van der Waals surface area contributed by atoms with E-state index in [-0.39, 0.29) is 11.9 Å². The number of fused-ring (bicyclic) bond motifs is 2. The topological polar surface area (TPSA) is 142 Å². The molecule has 2 unspecified atom stereocenters. The van der Waals surface area contributed by atoms with Crippen molar-refractivity contribution in [2.45, 2.75) is 57.3 Å². The van der Waals surface area contributed by atoms with Crippen molar-refractivity contribution in [2.24, 2.45) is 0 Å². The van der Waals surface area contributed by atoms with Gasteiger partial charge in [0.05, 0.1) is 12.2 Å². The Hall–Kier alpha value is -3.37. The number of nitrogens with one attached hydrogen (secondary N) is 1. The second kappa shape index (κ2) is 13.3. The second-order valence-electron chi connectivity index (χ2n) is 9.00. The lowest BCUT2D eigenvalue weighted by Crippen LogP contribution is -2.50. The Kier molecular flexibility index (Phi) is 10.1. The number of amides is 1. The molecule has 0 radical (unpaired) electrons. The number of carbonyl (C=O) groups is 3. The van der Waals surface area contributed by atoms with Crippen molar-refractivity contribution in [1.29, 1.82) is 0 Å². The SMILES string of the molecule is CCOc1cc(N)c(Br)cc1C(=O)NC1CC2CCC(C1)N2Cc1ccccc1.O=C(O)/C=C/C(=O)O. The zero-order valence-electron chi connectivity index (χ0n) is 20.6. The highest BCUT2D eigenvalue weighted by Gasteiger charge is 2.41. The van der Waals surface area contributed by atoms with Crippen molar-refractivity contribution in [2.75, 3.05) is 12.3 Å². The molecular weight excluding hydrogens is 542 g/mol. The van der Waals surface area contributed by atoms with E-state index in [1.54, 1.807) is 12.1 Å². The maximum Gasteiger partial charge on any atom is 0.328 e. The van der Waals surface area contributed by atoms with Gasteiger partial charge in [0.2, 0.25) is 0 Å². The van der Waals surface area contributed by atoms with Crippen molar-refractivity contribution >= 4 is 39.5 Å². The van der Waals surface area contributed by atoms with Crippen molar-refractivity contribution in [3.8, 4) is 5.75 Å². The van der Waals surface area contributed by atoms with E-state index in [4.69, 9.17) is 20.7 Å². The second-order valence-corrected chi connectivity index (χ2v) is 9.85. The first-order chi connectivity index (χ1) is 17.7. The van der Waals surface area contributed by atoms with Crippen LogP contribution in [-0.2, 0) is 16.1 Å². The molecule has 2 aliphatic rings. The minimum Gasteiger partial charge on any atom is -0.493 e. The highest BCUT2D eigenvalue weighted by molar-refractivity contribution is 9.10. The van der Waals surface area contributed by atoms with Crippen molar-refractivity contribution < 1.29 is 29.3 Å². The van der Waals surface area contributed by atoms with Crippen LogP contribution >= 0.6 is 15.9 Å². The van der Waals surface area contributed by atoms with Crippen molar-refractivity contribution in [3.63, 3.8) is 0 Å². The number of aliphatic carboxylic acids is 2. The van der Waals surface area contributed by atoms with Crippen molar-refractivity contribution in [1.82, 2.24) is 10.2 Å². The highest BCUT2D eigenvalue weighted by Crippen LogP contribution is 2.37. The molecule has 2 aliphatic heterocycles. The predicted molar refractivity (Wildman–Crippen MR) is 143 cm³/mol. The van der Waals surface area contributed by atoms with Crippen LogP contribution in [0.15, 0.2) is 59.1 Å². The minimum atomic E-state index is -1.26. The van der Waals surface area contributed by atoms with Crippen LogP contribution in [0.2, 0.25) is 0 Å². The minimum absolute atomic E-state index is 0.0879. The molecule has 2 aromatic rings. The molecule has 37 heavy (non-hydrogen) atoms. The normalized spacial score (nSPS) is 20.6. The predicted octanol–water partition coefficient (Wildman–Crippen LogP) is 4.07. The summed E-state index contributed by atoms with van der Waals surface area (Å²) in [6.07, 6.45) is 5.53. The van der Waals surface area contributed by atoms with Gasteiger partial charge in [-0.2, -0.15) is 0 Å². The molecule has 10 heteroatoms. The molecule has 2 atom stereocenters. The number of carbonyl (C=O) groups excluding carboxylic acids is 1. The molecule has 2 saturated heterocycles. The molecular formula is C27H32BrN3O6. The number of hydrogen-bond donors (Lipinski definition) is 4. The van der Waals surface area contributed by atoms with Crippen LogP contribution in [0.5, 0.6) is 5.75 Å². The molecule has 2 heterocycles. The molecule has 2 aromatic carbocycles. The number of rotatable bonds is 8. The fraction of sp³-hybridized carbons (Fsp3) is 0.370. The number of anilines is 1. The number of nitrogen functional groups attached to an aromatic ring is 1. The fourth-order valence-corrected chi connectivity index (χ4v) is 5.21. The van der Waals surface area contributed by atoms with Crippen LogP contribution in [0.25, 0.3) is 0 Å². The Bertz CT molecular complexity index is 1110. The number of nitrogens with two attached hydrogens (primary N) is 1. The summed E-state index contributed by atoms with van der Waals surface area (Å²) in [5.41, 5.74) is 8.43. The highest BCUT2D eigenvalue weighted by atomic mass is 79.9. The lowest BCUT2D eigenvalue weighted by Gasteiger charge is -2.39. The van der Waals surface area contributed by atoms with E-state index >= 15 is 0 Å². The third-order valence-electron chi connectivity index (χ3n) is 6.44. The van der Waals surface area contributed by atoms with E-state index in [1.807, 2.05) is 6.92 Å². The van der Waals surface area contributed by atoms with Gasteiger partial charge in [-0.1, -0.05) is 30.3 Å². The molecule has 2 fully saturated rings. The van der Waals surface area contributed by atoms with E-state index in [0.29, 0.717) is 52.3 Å². The van der Waals surface area contributed by atoms with Gasteiger partial charge in [-0.15, -0.1) is 0 Å². The van der Waals surface area contributed by atoms with Gasteiger partial charge in [0.25, 0.3) is 5.91 Å². The average molecular weight is 574 g/mol. The van der Waals surface area contributed by atoms with E-state index in [0.717, 1.165) is 19.4 Å². The van der Waals surface area contributed by atoms with Crippen LogP contribution in [0.3, 0.4) is 0 Å². The fourth-order valence-electron chi connectivity index (χ4n) is 4.87. The van der Waals surface area contributed by atoms with Gasteiger partial charge >= 0.3 is 11.9 Å². The Morgan fingerprint density at radius 3 is 2.22 bits per heavy atom. The number of halogens is 1. The zero-order chi connectivity index (χ0) is 26.9. The van der Waals surface area contributed by atoms with Gasteiger partial charge in [-0.05, 0) is 60.2 Å². The molecule has 0 aliphatic carbocycles. The molecule has 0 saturated carbocycles. The summed E-state index contributed by atoms with van der Waals surface area (Å²) in [5.74, 6) is -2.06. The maximum atomic E-state index is 13.0. The molecule has 198 valence electrons.